The molecule has 82 valence electrons. The number of ketones is 1. The zero-order valence-electron chi connectivity index (χ0n) is 9.09. The Balaban J connectivity index is 2.67. The van der Waals surface area contributed by atoms with Crippen molar-refractivity contribution in [1.82, 2.24) is 5.32 Å². The monoisotopic (exact) mass is 209 g/mol. The number of carbonyl (C=O) groups excluding carboxylic acids is 1. The molecule has 0 saturated heterocycles. The van der Waals surface area contributed by atoms with Crippen LogP contribution >= 0.6 is 0 Å². The molecular weight excluding hydrogens is 193 g/mol. The molecule has 1 aromatic rings. The highest BCUT2D eigenvalue weighted by molar-refractivity contribution is 5.97. The second-order valence-electron chi connectivity index (χ2n) is 3.58. The van der Waals surface area contributed by atoms with Crippen molar-refractivity contribution in [2.75, 3.05) is 13.1 Å². The molecule has 0 aliphatic carbocycles. The molecule has 0 radical (unpaired) electrons. The second-order valence-corrected chi connectivity index (χ2v) is 3.58. The Labute approximate surface area is 89.5 Å². The van der Waals surface area contributed by atoms with Crippen LogP contribution in [0.1, 0.15) is 24.2 Å². The predicted molar refractivity (Wildman–Crippen MR) is 58.4 cm³/mol. The highest BCUT2D eigenvalue weighted by Crippen LogP contribution is 2.09. The summed E-state index contributed by atoms with van der Waals surface area (Å²) >= 11 is 0. The molecule has 0 heterocycles. The van der Waals surface area contributed by atoms with E-state index in [1.807, 2.05) is 13.8 Å². The quantitative estimate of drug-likeness (QED) is 0.754. The van der Waals surface area contributed by atoms with Gasteiger partial charge in [-0.1, -0.05) is 26.0 Å². The van der Waals surface area contributed by atoms with Crippen molar-refractivity contribution in [1.29, 1.82) is 0 Å². The van der Waals surface area contributed by atoms with Crippen LogP contribution in [0.3, 0.4) is 0 Å². The van der Waals surface area contributed by atoms with E-state index in [1.165, 1.54) is 12.1 Å². The number of nitrogens with one attached hydrogen (secondary N) is 1. The van der Waals surface area contributed by atoms with E-state index in [-0.39, 0.29) is 17.5 Å². The van der Waals surface area contributed by atoms with Crippen molar-refractivity contribution in [3.8, 4) is 0 Å². The highest BCUT2D eigenvalue weighted by Gasteiger charge is 2.14. The van der Waals surface area contributed by atoms with E-state index in [1.54, 1.807) is 12.1 Å². The summed E-state index contributed by atoms with van der Waals surface area (Å²) in [6, 6.07) is 5.83. The van der Waals surface area contributed by atoms with Crippen LogP contribution in [0, 0.1) is 11.7 Å². The number of rotatable bonds is 5. The van der Waals surface area contributed by atoms with E-state index < -0.39 is 0 Å². The van der Waals surface area contributed by atoms with Gasteiger partial charge in [0.2, 0.25) is 0 Å². The fourth-order valence-corrected chi connectivity index (χ4v) is 1.38. The van der Waals surface area contributed by atoms with Gasteiger partial charge in [-0.05, 0) is 18.7 Å². The molecule has 1 N–H and O–H groups in total. The maximum Gasteiger partial charge on any atom is 0.167 e. The minimum atomic E-state index is -0.364. The molecule has 1 unspecified atom stereocenters. The molecule has 2 nitrogen and oxygen atoms in total. The van der Waals surface area contributed by atoms with Crippen molar-refractivity contribution < 1.29 is 9.18 Å². The smallest absolute Gasteiger partial charge is 0.167 e. The normalized spacial score (nSPS) is 12.5. The molecule has 0 saturated carbocycles. The van der Waals surface area contributed by atoms with E-state index in [0.717, 1.165) is 6.54 Å². The summed E-state index contributed by atoms with van der Waals surface area (Å²) in [6.45, 7) is 5.29. The lowest BCUT2D eigenvalue weighted by atomic mass is 9.99. The standard InChI is InChI=1S/C12H16FNO/c1-3-14-8-9(2)12(15)10-5-4-6-11(13)7-10/h4-7,9,14H,3,8H2,1-2H3. The maximum atomic E-state index is 12.9. The van der Waals surface area contributed by atoms with E-state index >= 15 is 0 Å². The summed E-state index contributed by atoms with van der Waals surface area (Å²) in [6.07, 6.45) is 0. The van der Waals surface area contributed by atoms with Gasteiger partial charge in [0.05, 0.1) is 0 Å². The number of benzene rings is 1. The van der Waals surface area contributed by atoms with Gasteiger partial charge in [0, 0.05) is 18.0 Å². The van der Waals surface area contributed by atoms with Crippen LogP contribution in [0.2, 0.25) is 0 Å². The second kappa shape index (κ2) is 5.61. The Morgan fingerprint density at radius 1 is 1.53 bits per heavy atom. The van der Waals surface area contributed by atoms with Crippen LogP contribution < -0.4 is 5.32 Å². The van der Waals surface area contributed by atoms with Crippen LogP contribution in [0.25, 0.3) is 0 Å². The highest BCUT2D eigenvalue weighted by atomic mass is 19.1. The fourth-order valence-electron chi connectivity index (χ4n) is 1.38. The maximum absolute atomic E-state index is 12.9. The third-order valence-electron chi connectivity index (χ3n) is 2.26. The van der Waals surface area contributed by atoms with Gasteiger partial charge in [0.25, 0.3) is 0 Å². The number of hydrogen-bond donors (Lipinski definition) is 1. The van der Waals surface area contributed by atoms with E-state index in [4.69, 9.17) is 0 Å². The summed E-state index contributed by atoms with van der Waals surface area (Å²) < 4.78 is 12.9. The first-order valence-corrected chi connectivity index (χ1v) is 5.15. The Morgan fingerprint density at radius 2 is 2.27 bits per heavy atom. The third kappa shape index (κ3) is 3.44. The largest absolute Gasteiger partial charge is 0.316 e. The number of hydrogen-bond acceptors (Lipinski definition) is 2. The SMILES string of the molecule is CCNCC(C)C(=O)c1cccc(F)c1. The van der Waals surface area contributed by atoms with Crippen molar-refractivity contribution >= 4 is 5.78 Å². The molecule has 0 aliphatic heterocycles. The van der Waals surface area contributed by atoms with Gasteiger partial charge in [0.15, 0.2) is 5.78 Å². The van der Waals surface area contributed by atoms with E-state index in [0.29, 0.717) is 12.1 Å². The Morgan fingerprint density at radius 3 is 2.87 bits per heavy atom. The van der Waals surface area contributed by atoms with Crippen LogP contribution in [0.5, 0.6) is 0 Å². The van der Waals surface area contributed by atoms with Crippen LogP contribution in [-0.4, -0.2) is 18.9 Å². The van der Waals surface area contributed by atoms with Crippen molar-refractivity contribution in [2.24, 2.45) is 5.92 Å². The van der Waals surface area contributed by atoms with Gasteiger partial charge < -0.3 is 5.32 Å². The third-order valence-corrected chi connectivity index (χ3v) is 2.26. The van der Waals surface area contributed by atoms with Gasteiger partial charge in [-0.15, -0.1) is 0 Å². The van der Waals surface area contributed by atoms with Crippen molar-refractivity contribution in [3.05, 3.63) is 35.6 Å². The van der Waals surface area contributed by atoms with Crippen molar-refractivity contribution in [2.45, 2.75) is 13.8 Å². The Kier molecular flexibility index (Phi) is 4.43. The fraction of sp³-hybridized carbons (Fsp3) is 0.417. The molecule has 1 atom stereocenters. The first-order chi connectivity index (χ1) is 7.15. The summed E-state index contributed by atoms with van der Waals surface area (Å²) in [5.74, 6) is -0.501. The number of halogens is 1. The van der Waals surface area contributed by atoms with Crippen LogP contribution in [0.4, 0.5) is 4.39 Å². The summed E-state index contributed by atoms with van der Waals surface area (Å²) in [7, 11) is 0. The van der Waals surface area contributed by atoms with E-state index in [2.05, 4.69) is 5.32 Å². The topological polar surface area (TPSA) is 29.1 Å². The lowest BCUT2D eigenvalue weighted by Crippen LogP contribution is -2.26. The van der Waals surface area contributed by atoms with Crippen LogP contribution in [0.15, 0.2) is 24.3 Å². The first kappa shape index (κ1) is 11.9. The molecule has 0 amide bonds. The predicted octanol–water partition coefficient (Wildman–Crippen LogP) is 2.25. The molecule has 0 bridgehead atoms. The molecule has 15 heavy (non-hydrogen) atoms. The Hall–Kier alpha value is -1.22. The van der Waals surface area contributed by atoms with Crippen LogP contribution in [-0.2, 0) is 0 Å². The summed E-state index contributed by atoms with van der Waals surface area (Å²) in [5.41, 5.74) is 0.445. The molecule has 3 heteroatoms. The molecule has 1 aromatic carbocycles. The molecule has 0 aliphatic rings. The lowest BCUT2D eigenvalue weighted by Gasteiger charge is -2.10. The molecular formula is C12H16FNO. The van der Waals surface area contributed by atoms with Gasteiger partial charge >= 0.3 is 0 Å². The lowest BCUT2D eigenvalue weighted by molar-refractivity contribution is 0.0929. The molecule has 0 aromatic heterocycles. The molecule has 0 fully saturated rings. The zero-order valence-corrected chi connectivity index (χ0v) is 9.09. The molecule has 0 spiro atoms. The Bertz CT molecular complexity index is 338. The minimum Gasteiger partial charge on any atom is -0.316 e. The number of carbonyl (C=O) groups is 1. The van der Waals surface area contributed by atoms with Gasteiger partial charge in [0.1, 0.15) is 5.82 Å². The summed E-state index contributed by atoms with van der Waals surface area (Å²) in [4.78, 5) is 11.8. The summed E-state index contributed by atoms with van der Waals surface area (Å²) in [5, 5.41) is 3.10. The van der Waals surface area contributed by atoms with Crippen molar-refractivity contribution in [3.63, 3.8) is 0 Å². The number of Topliss-reactive ketones (excluding diaryl/α,β-unsaturated/α-hetero) is 1. The van der Waals surface area contributed by atoms with Gasteiger partial charge in [-0.3, -0.25) is 4.79 Å². The van der Waals surface area contributed by atoms with E-state index in [9.17, 15) is 9.18 Å². The molecule has 1 rings (SSSR count). The van der Waals surface area contributed by atoms with Gasteiger partial charge in [-0.2, -0.15) is 0 Å². The zero-order chi connectivity index (χ0) is 11.3. The first-order valence-electron chi connectivity index (χ1n) is 5.15. The minimum absolute atomic E-state index is 0.0181. The van der Waals surface area contributed by atoms with Gasteiger partial charge in [-0.25, -0.2) is 4.39 Å². The average molecular weight is 209 g/mol. The average Bonchev–Trinajstić information content (AvgIpc) is 2.24.